The summed E-state index contributed by atoms with van der Waals surface area (Å²) >= 11 is 0. The highest BCUT2D eigenvalue weighted by Crippen LogP contribution is 2.67. The number of carbonyl (C=O) groups excluding carboxylic acids is 1. The molecule has 4 N–H and O–H groups in total. The summed E-state index contributed by atoms with van der Waals surface area (Å²) in [5, 5.41) is 31.6. The fraction of sp³-hybridized carbons (Fsp3) is 0.912. The van der Waals surface area contributed by atoms with E-state index in [9.17, 15) is 9.90 Å². The molecule has 0 aromatic heterocycles. The van der Waals surface area contributed by atoms with Crippen molar-refractivity contribution < 1.29 is 20.1 Å². The molecule has 6 heteroatoms. The molecule has 0 heterocycles. The molecular weight excluding hydrogens is 500 g/mol. The second-order valence-electron chi connectivity index (χ2n) is 14.7. The van der Waals surface area contributed by atoms with Crippen LogP contribution in [-0.2, 0) is 4.79 Å². The molecule has 1 amide bonds. The van der Waals surface area contributed by atoms with Gasteiger partial charge in [-0.05, 0) is 97.7 Å². The molecule has 0 aromatic rings. The number of carbonyl (C=O) groups is 1. The Kier molecular flexibility index (Phi) is 11.2. The van der Waals surface area contributed by atoms with Crippen molar-refractivity contribution in [2.75, 3.05) is 39.4 Å². The van der Waals surface area contributed by atoms with Gasteiger partial charge in [-0.1, -0.05) is 58.6 Å². The first kappa shape index (κ1) is 32.0. The molecule has 0 aromatic carbocycles. The van der Waals surface area contributed by atoms with Gasteiger partial charge < -0.3 is 20.6 Å². The lowest BCUT2D eigenvalue weighted by molar-refractivity contribution is -0.122. The fourth-order valence-corrected chi connectivity index (χ4v) is 10.1. The molecule has 4 rings (SSSR count). The van der Waals surface area contributed by atoms with Crippen LogP contribution in [0.1, 0.15) is 105 Å². The number of nitrogens with one attached hydrogen (secondary N) is 1. The summed E-state index contributed by atoms with van der Waals surface area (Å²) in [5.41, 5.74) is 2.38. The number of rotatable bonds is 14. The standard InChI is InChI=1S/C34H60N2O4/c1-24(22-32(40)35-16-17-36(18-20-37)19-21-38)6-5-7-25(2)29-10-11-30-28-9-8-26-23-27(39)12-14-33(26,3)31(28)13-15-34(29,30)4/h8,24-25,27-31,37-39H,5-7,9-23H2,1-4H3,(H,35,40)/t24?,25-,27+,28+,29-,30+,31+,33+,34-/m1/s1. The predicted octanol–water partition coefficient (Wildman–Crippen LogP) is 5.16. The quantitative estimate of drug-likeness (QED) is 0.220. The van der Waals surface area contributed by atoms with Crippen molar-refractivity contribution in [1.82, 2.24) is 10.2 Å². The zero-order valence-electron chi connectivity index (χ0n) is 26.0. The molecule has 230 valence electrons. The van der Waals surface area contributed by atoms with Crippen LogP contribution in [0.15, 0.2) is 11.6 Å². The van der Waals surface area contributed by atoms with Crippen molar-refractivity contribution >= 4 is 5.91 Å². The molecule has 3 fully saturated rings. The average molecular weight is 561 g/mol. The van der Waals surface area contributed by atoms with Crippen LogP contribution in [0.2, 0.25) is 0 Å². The highest BCUT2D eigenvalue weighted by atomic mass is 16.3. The number of aliphatic hydroxyl groups excluding tert-OH is 3. The normalized spacial score (nSPS) is 36.8. The summed E-state index contributed by atoms with van der Waals surface area (Å²) < 4.78 is 0. The smallest absolute Gasteiger partial charge is 0.220 e. The zero-order chi connectivity index (χ0) is 28.9. The number of allylic oxidation sites excluding steroid dienone is 1. The minimum absolute atomic E-state index is 0.0640. The summed E-state index contributed by atoms with van der Waals surface area (Å²) in [6.45, 7) is 12.3. The lowest BCUT2D eigenvalue weighted by Crippen LogP contribution is -2.50. The number of hydrogen-bond acceptors (Lipinski definition) is 5. The summed E-state index contributed by atoms with van der Waals surface area (Å²) in [6.07, 6.45) is 16.4. The zero-order valence-corrected chi connectivity index (χ0v) is 26.0. The van der Waals surface area contributed by atoms with Crippen molar-refractivity contribution in [3.8, 4) is 0 Å². The summed E-state index contributed by atoms with van der Waals surface area (Å²) in [4.78, 5) is 14.4. The van der Waals surface area contributed by atoms with E-state index in [1.807, 2.05) is 4.90 Å². The van der Waals surface area contributed by atoms with Gasteiger partial charge in [0.2, 0.25) is 5.91 Å². The van der Waals surface area contributed by atoms with Crippen LogP contribution < -0.4 is 5.32 Å². The van der Waals surface area contributed by atoms with E-state index < -0.39 is 0 Å². The first-order valence-electron chi connectivity index (χ1n) is 16.7. The Morgan fingerprint density at radius 1 is 1.02 bits per heavy atom. The van der Waals surface area contributed by atoms with Crippen molar-refractivity contribution in [3.05, 3.63) is 11.6 Å². The number of nitrogens with zero attached hydrogens (tertiary/aromatic N) is 1. The molecular formula is C34H60N2O4. The van der Waals surface area contributed by atoms with Gasteiger partial charge in [-0.25, -0.2) is 0 Å². The van der Waals surface area contributed by atoms with Crippen LogP contribution in [-0.4, -0.2) is 71.6 Å². The van der Waals surface area contributed by atoms with Crippen LogP contribution in [0.4, 0.5) is 0 Å². The third-order valence-corrected chi connectivity index (χ3v) is 12.3. The average Bonchev–Trinajstić information content (AvgIpc) is 3.26. The monoisotopic (exact) mass is 560 g/mol. The van der Waals surface area contributed by atoms with Gasteiger partial charge in [0, 0.05) is 32.6 Å². The van der Waals surface area contributed by atoms with Gasteiger partial charge in [-0.15, -0.1) is 0 Å². The van der Waals surface area contributed by atoms with E-state index in [0.717, 1.165) is 48.9 Å². The Morgan fingerprint density at radius 2 is 1.77 bits per heavy atom. The summed E-state index contributed by atoms with van der Waals surface area (Å²) in [5.74, 6) is 4.56. The Morgan fingerprint density at radius 3 is 2.50 bits per heavy atom. The molecule has 0 aliphatic heterocycles. The maximum Gasteiger partial charge on any atom is 0.220 e. The molecule has 0 spiro atoms. The van der Waals surface area contributed by atoms with Gasteiger partial charge in [-0.3, -0.25) is 9.69 Å². The number of aliphatic hydroxyl groups is 3. The van der Waals surface area contributed by atoms with E-state index in [1.165, 1.54) is 51.4 Å². The van der Waals surface area contributed by atoms with Crippen LogP contribution in [0, 0.1) is 46.3 Å². The van der Waals surface area contributed by atoms with Crippen molar-refractivity contribution in [2.45, 2.75) is 111 Å². The third kappa shape index (κ3) is 6.98. The van der Waals surface area contributed by atoms with E-state index in [1.54, 1.807) is 5.57 Å². The summed E-state index contributed by atoms with van der Waals surface area (Å²) in [6, 6.07) is 0. The molecule has 0 saturated heterocycles. The van der Waals surface area contributed by atoms with Gasteiger partial charge in [-0.2, -0.15) is 0 Å². The van der Waals surface area contributed by atoms with Crippen LogP contribution >= 0.6 is 0 Å². The van der Waals surface area contributed by atoms with E-state index in [0.29, 0.717) is 49.3 Å². The second-order valence-corrected chi connectivity index (χ2v) is 14.7. The van der Waals surface area contributed by atoms with Gasteiger partial charge in [0.15, 0.2) is 0 Å². The Hall–Kier alpha value is -0.950. The minimum atomic E-state index is -0.121. The van der Waals surface area contributed by atoms with Gasteiger partial charge in [0.1, 0.15) is 0 Å². The minimum Gasteiger partial charge on any atom is -0.395 e. The first-order chi connectivity index (χ1) is 19.1. The number of hydrogen-bond donors (Lipinski definition) is 4. The summed E-state index contributed by atoms with van der Waals surface area (Å²) in [7, 11) is 0. The molecule has 0 bridgehead atoms. The third-order valence-electron chi connectivity index (χ3n) is 12.3. The topological polar surface area (TPSA) is 93.0 Å². The Balaban J connectivity index is 1.21. The van der Waals surface area contributed by atoms with E-state index >= 15 is 0 Å². The van der Waals surface area contributed by atoms with Gasteiger partial charge in [0.05, 0.1) is 19.3 Å². The van der Waals surface area contributed by atoms with Crippen LogP contribution in [0.3, 0.4) is 0 Å². The maximum atomic E-state index is 12.5. The SMILES string of the molecule is CC(CCC[C@@H](C)[C@H]1CC[C@H]2[C@@H]3CC=C4C[C@@H](O)CC[C@]4(C)[C@H]3CC[C@]12C)CC(=O)NCCN(CCO)CCO. The molecule has 3 saturated carbocycles. The van der Waals surface area contributed by atoms with Gasteiger partial charge in [0.25, 0.3) is 0 Å². The molecule has 4 aliphatic carbocycles. The van der Waals surface area contributed by atoms with Crippen LogP contribution in [0.5, 0.6) is 0 Å². The van der Waals surface area contributed by atoms with E-state index in [4.69, 9.17) is 10.2 Å². The molecule has 40 heavy (non-hydrogen) atoms. The first-order valence-corrected chi connectivity index (χ1v) is 16.7. The predicted molar refractivity (Wildman–Crippen MR) is 162 cm³/mol. The van der Waals surface area contributed by atoms with Gasteiger partial charge >= 0.3 is 0 Å². The van der Waals surface area contributed by atoms with Crippen LogP contribution in [0.25, 0.3) is 0 Å². The molecule has 6 nitrogen and oxygen atoms in total. The highest BCUT2D eigenvalue weighted by molar-refractivity contribution is 5.76. The molecule has 9 atom stereocenters. The largest absolute Gasteiger partial charge is 0.395 e. The number of fused-ring (bicyclic) bond motifs is 5. The Bertz CT molecular complexity index is 857. The van der Waals surface area contributed by atoms with Crippen molar-refractivity contribution in [2.24, 2.45) is 46.3 Å². The number of amides is 1. The lowest BCUT2D eigenvalue weighted by atomic mass is 9.47. The second kappa shape index (κ2) is 14.0. The fourth-order valence-electron chi connectivity index (χ4n) is 10.1. The lowest BCUT2D eigenvalue weighted by Gasteiger charge is -2.58. The highest BCUT2D eigenvalue weighted by Gasteiger charge is 2.59. The molecule has 1 unspecified atom stereocenters. The van der Waals surface area contributed by atoms with E-state index in [-0.39, 0.29) is 25.2 Å². The van der Waals surface area contributed by atoms with E-state index in [2.05, 4.69) is 39.1 Å². The van der Waals surface area contributed by atoms with Crippen molar-refractivity contribution in [1.29, 1.82) is 0 Å². The molecule has 0 radical (unpaired) electrons. The van der Waals surface area contributed by atoms with Crippen molar-refractivity contribution in [3.63, 3.8) is 0 Å². The maximum absolute atomic E-state index is 12.5. The Labute approximate surface area is 244 Å². The molecule has 4 aliphatic rings.